The molecular weight excluding hydrogens is 176 g/mol. The van der Waals surface area contributed by atoms with E-state index in [2.05, 4.69) is 16.4 Å². The Bertz CT molecular complexity index is 406. The summed E-state index contributed by atoms with van der Waals surface area (Å²) in [7, 11) is 0. The molecule has 0 saturated carbocycles. The molecule has 0 spiro atoms. The van der Waals surface area contributed by atoms with E-state index in [0.29, 0.717) is 11.8 Å². The van der Waals surface area contributed by atoms with Crippen LogP contribution in [0.2, 0.25) is 0 Å². The molecule has 3 nitrogen and oxygen atoms in total. The monoisotopic (exact) mass is 190 g/mol. The van der Waals surface area contributed by atoms with Gasteiger partial charge in [0.2, 0.25) is 0 Å². The van der Waals surface area contributed by atoms with E-state index in [9.17, 15) is 4.79 Å². The van der Waals surface area contributed by atoms with Crippen LogP contribution >= 0.6 is 0 Å². The maximum Gasteiger partial charge on any atom is 0.251 e. The van der Waals surface area contributed by atoms with Gasteiger partial charge in [0.1, 0.15) is 0 Å². The Hall–Kier alpha value is -1.09. The number of hydrogen-bond acceptors (Lipinski definition) is 2. The number of hydrogen-bond donors (Lipinski definition) is 2. The van der Waals surface area contributed by atoms with Gasteiger partial charge in [0.15, 0.2) is 0 Å². The van der Waals surface area contributed by atoms with Crippen molar-refractivity contribution in [3.8, 4) is 0 Å². The summed E-state index contributed by atoms with van der Waals surface area (Å²) in [5.41, 5.74) is 2.46. The zero-order valence-electron chi connectivity index (χ0n) is 8.05. The Labute approximate surface area is 82.5 Å². The third kappa shape index (κ3) is 1.05. The van der Waals surface area contributed by atoms with Crippen molar-refractivity contribution in [2.75, 3.05) is 13.1 Å². The second kappa shape index (κ2) is 2.95. The lowest BCUT2D eigenvalue weighted by Gasteiger charge is -2.24. The largest absolute Gasteiger partial charge is 0.329 e. The third-order valence-corrected chi connectivity index (χ3v) is 3.53. The second-order valence-electron chi connectivity index (χ2n) is 4.31. The highest BCUT2D eigenvalue weighted by Crippen LogP contribution is 2.38. The van der Waals surface area contributed by atoms with Crippen molar-refractivity contribution in [2.24, 2.45) is 0 Å². The summed E-state index contributed by atoms with van der Waals surface area (Å²) in [4.78, 5) is 14.5. The Kier molecular flexibility index (Phi) is 1.74. The van der Waals surface area contributed by atoms with E-state index in [-0.39, 0.29) is 5.56 Å². The molecule has 2 aliphatic heterocycles. The summed E-state index contributed by atoms with van der Waals surface area (Å²) >= 11 is 0. The van der Waals surface area contributed by atoms with Gasteiger partial charge < -0.3 is 10.3 Å². The van der Waals surface area contributed by atoms with E-state index in [1.807, 2.05) is 0 Å². The van der Waals surface area contributed by atoms with Crippen molar-refractivity contribution in [1.29, 1.82) is 0 Å². The first-order valence-electron chi connectivity index (χ1n) is 5.28. The molecule has 1 aliphatic carbocycles. The van der Waals surface area contributed by atoms with E-state index in [1.165, 1.54) is 12.0 Å². The highest BCUT2D eigenvalue weighted by atomic mass is 16.1. The van der Waals surface area contributed by atoms with Crippen LogP contribution in [0, 0.1) is 0 Å². The molecule has 3 heterocycles. The van der Waals surface area contributed by atoms with Crippen LogP contribution in [0.15, 0.2) is 17.1 Å². The van der Waals surface area contributed by atoms with Gasteiger partial charge in [-0.3, -0.25) is 4.79 Å². The van der Waals surface area contributed by atoms with Gasteiger partial charge in [-0.2, -0.15) is 0 Å². The van der Waals surface area contributed by atoms with Crippen LogP contribution < -0.4 is 10.9 Å². The molecule has 2 atom stereocenters. The lowest BCUT2D eigenvalue weighted by Crippen LogP contribution is -2.24. The van der Waals surface area contributed by atoms with Crippen molar-refractivity contribution in [3.63, 3.8) is 0 Å². The molecular formula is C11H14N2O. The molecule has 4 rings (SSSR count). The van der Waals surface area contributed by atoms with Gasteiger partial charge in [-0.1, -0.05) is 0 Å². The molecule has 2 bridgehead atoms. The van der Waals surface area contributed by atoms with E-state index in [4.69, 9.17) is 0 Å². The number of fused-ring (bicyclic) bond motifs is 3. The minimum Gasteiger partial charge on any atom is -0.329 e. The molecule has 3 aliphatic rings. The van der Waals surface area contributed by atoms with E-state index < -0.39 is 0 Å². The minimum absolute atomic E-state index is 0.126. The fourth-order valence-corrected chi connectivity index (χ4v) is 2.83. The molecule has 0 radical (unpaired) electrons. The van der Waals surface area contributed by atoms with Crippen molar-refractivity contribution in [2.45, 2.75) is 24.7 Å². The van der Waals surface area contributed by atoms with Crippen molar-refractivity contribution < 1.29 is 0 Å². The number of H-pyrrole nitrogens is 1. The lowest BCUT2D eigenvalue weighted by molar-refractivity contribution is 0.543. The van der Waals surface area contributed by atoms with Crippen LogP contribution in [0.3, 0.4) is 0 Å². The van der Waals surface area contributed by atoms with E-state index in [1.54, 1.807) is 6.20 Å². The summed E-state index contributed by atoms with van der Waals surface area (Å²) < 4.78 is 0. The SMILES string of the molecule is O=c1[nH]ccc2c1C1CCC2CNC1. The Morgan fingerprint density at radius 1 is 1.21 bits per heavy atom. The molecule has 14 heavy (non-hydrogen) atoms. The average molecular weight is 190 g/mol. The highest BCUT2D eigenvalue weighted by molar-refractivity contribution is 5.34. The molecule has 2 unspecified atom stereocenters. The number of pyridine rings is 1. The first kappa shape index (κ1) is 8.24. The molecule has 74 valence electrons. The maximum absolute atomic E-state index is 11.7. The fraction of sp³-hybridized carbons (Fsp3) is 0.545. The number of nitrogens with one attached hydrogen (secondary N) is 2. The molecule has 0 aromatic carbocycles. The zero-order chi connectivity index (χ0) is 9.54. The highest BCUT2D eigenvalue weighted by Gasteiger charge is 2.31. The van der Waals surface area contributed by atoms with Crippen LogP contribution in [0.4, 0.5) is 0 Å². The van der Waals surface area contributed by atoms with E-state index in [0.717, 1.165) is 25.1 Å². The molecule has 1 saturated heterocycles. The van der Waals surface area contributed by atoms with Crippen LogP contribution in [-0.2, 0) is 0 Å². The first-order valence-corrected chi connectivity index (χ1v) is 5.28. The van der Waals surface area contributed by atoms with Crippen molar-refractivity contribution >= 4 is 0 Å². The van der Waals surface area contributed by atoms with Gasteiger partial charge in [0.05, 0.1) is 0 Å². The first-order chi connectivity index (χ1) is 6.86. The van der Waals surface area contributed by atoms with Gasteiger partial charge >= 0.3 is 0 Å². The van der Waals surface area contributed by atoms with Crippen molar-refractivity contribution in [1.82, 2.24) is 10.3 Å². The number of aromatic nitrogens is 1. The molecule has 2 N–H and O–H groups in total. The Morgan fingerprint density at radius 3 is 2.93 bits per heavy atom. The molecule has 3 heteroatoms. The number of rotatable bonds is 0. The quantitative estimate of drug-likeness (QED) is 0.639. The topological polar surface area (TPSA) is 44.9 Å². The summed E-state index contributed by atoms with van der Waals surface area (Å²) in [5.74, 6) is 1.000. The standard InChI is InChI=1S/C11H14N2O/c14-11-10-8-2-1-7(5-12-6-8)9(10)3-4-13-11/h3-4,7-8,12H,1-2,5-6H2,(H,13,14). The summed E-state index contributed by atoms with van der Waals surface area (Å²) in [5, 5.41) is 3.43. The Morgan fingerprint density at radius 2 is 2.00 bits per heavy atom. The second-order valence-corrected chi connectivity index (χ2v) is 4.31. The predicted molar refractivity (Wildman–Crippen MR) is 54.6 cm³/mol. The summed E-state index contributed by atoms with van der Waals surface area (Å²) in [6.07, 6.45) is 4.17. The lowest BCUT2D eigenvalue weighted by atomic mass is 9.79. The van der Waals surface area contributed by atoms with Gasteiger partial charge in [0.25, 0.3) is 5.56 Å². The smallest absolute Gasteiger partial charge is 0.251 e. The van der Waals surface area contributed by atoms with Gasteiger partial charge in [-0.05, 0) is 30.4 Å². The zero-order valence-corrected chi connectivity index (χ0v) is 8.05. The Balaban J connectivity index is 2.25. The molecule has 0 amide bonds. The van der Waals surface area contributed by atoms with Gasteiger partial charge in [0, 0.05) is 30.8 Å². The summed E-state index contributed by atoms with van der Waals surface area (Å²) in [6.45, 7) is 2.00. The van der Waals surface area contributed by atoms with Crippen LogP contribution in [0.1, 0.15) is 35.8 Å². The average Bonchev–Trinajstić information content (AvgIpc) is 2.51. The van der Waals surface area contributed by atoms with Crippen LogP contribution in [-0.4, -0.2) is 18.1 Å². The third-order valence-electron chi connectivity index (χ3n) is 3.53. The normalized spacial score (nSPS) is 29.7. The molecule has 1 aromatic heterocycles. The van der Waals surface area contributed by atoms with Crippen molar-refractivity contribution in [3.05, 3.63) is 33.7 Å². The summed E-state index contributed by atoms with van der Waals surface area (Å²) in [6, 6.07) is 2.08. The van der Waals surface area contributed by atoms with E-state index >= 15 is 0 Å². The van der Waals surface area contributed by atoms with Crippen LogP contribution in [0.5, 0.6) is 0 Å². The number of aromatic amines is 1. The minimum atomic E-state index is 0.126. The molecule has 1 aromatic rings. The molecule has 1 fully saturated rings. The van der Waals surface area contributed by atoms with Crippen LogP contribution in [0.25, 0.3) is 0 Å². The fourth-order valence-electron chi connectivity index (χ4n) is 2.83. The van der Waals surface area contributed by atoms with Gasteiger partial charge in [-0.25, -0.2) is 0 Å². The predicted octanol–water partition coefficient (Wildman–Crippen LogP) is 0.939. The van der Waals surface area contributed by atoms with Gasteiger partial charge in [-0.15, -0.1) is 0 Å². The maximum atomic E-state index is 11.7.